The average molecular weight is 746 g/mol. The van der Waals surface area contributed by atoms with Crippen molar-refractivity contribution in [2.45, 2.75) is 70.7 Å². The molecule has 4 N–H and O–H groups in total. The maximum absolute atomic E-state index is 11.7. The normalized spacial score (nSPS) is 17.1. The molecule has 0 bridgehead atoms. The van der Waals surface area contributed by atoms with E-state index < -0.39 is 0 Å². The van der Waals surface area contributed by atoms with Crippen LogP contribution < -0.4 is 21.3 Å². The van der Waals surface area contributed by atoms with Crippen molar-refractivity contribution in [1.29, 1.82) is 0 Å². The molecule has 10 heteroatoms. The number of carbonyl (C=O) groups excluding carboxylic acids is 2. The molecule has 55 heavy (non-hydrogen) atoms. The summed E-state index contributed by atoms with van der Waals surface area (Å²) in [6.45, 7) is 6.77. The number of benzene rings is 4. The molecular weight excluding hydrogens is 699 g/mol. The molecule has 0 aliphatic carbocycles. The molecule has 2 radical (unpaired) electrons. The standard InChI is InChI=1S/C45H47N7O2Si/c1-29-37(33-16-12-32(13-17-33)26-47-28-55-44-11-5-10-42(53)49-44)6-3-8-39(29)40-9-4-7-38(30(40)2)35-22-23-52-41(24-35)50-51-45(52)34-18-14-31(15-19-34)25-46-27-36-20-21-43(54)48-36/h3-4,6-9,12-19,22-24,36,44,46-47H,5,10-11,20-21,25-28H2,1-2H3,(H,48,54)(H,49,53). The summed E-state index contributed by atoms with van der Waals surface area (Å²) in [5.41, 5.74) is 14.2. The summed E-state index contributed by atoms with van der Waals surface area (Å²) in [5, 5.41) is 22.3. The van der Waals surface area contributed by atoms with Gasteiger partial charge in [-0.25, -0.2) is 0 Å². The highest BCUT2D eigenvalue weighted by atomic mass is 28.2. The fourth-order valence-electron chi connectivity index (χ4n) is 7.89. The van der Waals surface area contributed by atoms with Crippen molar-refractivity contribution in [3.8, 4) is 44.8 Å². The van der Waals surface area contributed by atoms with Crippen LogP contribution in [0.2, 0.25) is 0 Å². The minimum absolute atomic E-state index is 0.146. The first-order valence-electron chi connectivity index (χ1n) is 19.4. The average Bonchev–Trinajstić information content (AvgIpc) is 3.83. The molecule has 2 fully saturated rings. The second-order valence-electron chi connectivity index (χ2n) is 14.8. The lowest BCUT2D eigenvalue weighted by Gasteiger charge is -2.22. The van der Waals surface area contributed by atoms with E-state index in [1.807, 2.05) is 4.40 Å². The number of aromatic nitrogens is 3. The number of nitrogens with zero attached hydrogens (tertiary/aromatic N) is 3. The van der Waals surface area contributed by atoms with Crippen LogP contribution in [0.15, 0.2) is 103 Å². The lowest BCUT2D eigenvalue weighted by Crippen LogP contribution is -2.45. The van der Waals surface area contributed by atoms with Crippen LogP contribution in [0.5, 0.6) is 0 Å². The lowest BCUT2D eigenvalue weighted by atomic mass is 9.88. The third-order valence-electron chi connectivity index (χ3n) is 11.0. The molecule has 2 aliphatic rings. The van der Waals surface area contributed by atoms with Gasteiger partial charge in [0.15, 0.2) is 11.5 Å². The first-order valence-corrected chi connectivity index (χ1v) is 20.6. The van der Waals surface area contributed by atoms with Crippen LogP contribution in [0.25, 0.3) is 50.4 Å². The van der Waals surface area contributed by atoms with Crippen LogP contribution in [-0.4, -0.2) is 60.4 Å². The first-order chi connectivity index (χ1) is 26.9. The lowest BCUT2D eigenvalue weighted by molar-refractivity contribution is -0.122. The predicted molar refractivity (Wildman–Crippen MR) is 220 cm³/mol. The molecule has 2 atom stereocenters. The molecule has 2 unspecified atom stereocenters. The van der Waals surface area contributed by atoms with Crippen LogP contribution >= 0.6 is 0 Å². The summed E-state index contributed by atoms with van der Waals surface area (Å²) in [7, 11) is 0.697. The minimum Gasteiger partial charge on any atom is -0.357 e. The zero-order valence-electron chi connectivity index (χ0n) is 31.5. The van der Waals surface area contributed by atoms with Crippen molar-refractivity contribution in [3.05, 3.63) is 126 Å². The van der Waals surface area contributed by atoms with Gasteiger partial charge in [0.1, 0.15) is 0 Å². The third kappa shape index (κ3) is 8.32. The van der Waals surface area contributed by atoms with Gasteiger partial charge in [0.25, 0.3) is 0 Å². The fourth-order valence-corrected chi connectivity index (χ4v) is 9.08. The van der Waals surface area contributed by atoms with Gasteiger partial charge in [-0.15, -0.1) is 10.2 Å². The molecule has 6 aromatic rings. The third-order valence-corrected chi connectivity index (χ3v) is 12.4. The van der Waals surface area contributed by atoms with Gasteiger partial charge in [0.2, 0.25) is 11.8 Å². The molecule has 278 valence electrons. The quantitative estimate of drug-likeness (QED) is 0.0769. The van der Waals surface area contributed by atoms with E-state index >= 15 is 0 Å². The number of fused-ring (bicyclic) bond motifs is 1. The highest BCUT2D eigenvalue weighted by molar-refractivity contribution is 6.38. The smallest absolute Gasteiger partial charge is 0.220 e. The molecule has 0 spiro atoms. The Kier molecular flexibility index (Phi) is 11.0. The van der Waals surface area contributed by atoms with Gasteiger partial charge in [-0.05, 0) is 107 Å². The Morgan fingerprint density at radius 2 is 1.33 bits per heavy atom. The SMILES string of the molecule is Cc1c(-c2ccc(CNC[Si]C3CCCC(=O)N3)cc2)cccc1-c1cccc(-c2ccn3c(-c4ccc(CNCC5CCC(=O)N5)cc4)nnc3c2)c1C. The molecule has 4 aromatic carbocycles. The number of piperidine rings is 1. The largest absolute Gasteiger partial charge is 0.357 e. The maximum atomic E-state index is 11.7. The topological polar surface area (TPSA) is 112 Å². The number of pyridine rings is 1. The Balaban J connectivity index is 0.940. The Morgan fingerprint density at radius 1 is 0.691 bits per heavy atom. The van der Waals surface area contributed by atoms with Gasteiger partial charge < -0.3 is 21.3 Å². The van der Waals surface area contributed by atoms with E-state index in [9.17, 15) is 9.59 Å². The zero-order valence-corrected chi connectivity index (χ0v) is 32.5. The number of carbonyl (C=O) groups is 2. The van der Waals surface area contributed by atoms with Crippen LogP contribution in [0.3, 0.4) is 0 Å². The van der Waals surface area contributed by atoms with E-state index in [-0.39, 0.29) is 17.9 Å². The van der Waals surface area contributed by atoms with Gasteiger partial charge in [0.05, 0.1) is 9.52 Å². The zero-order chi connectivity index (χ0) is 37.7. The van der Waals surface area contributed by atoms with Crippen molar-refractivity contribution in [3.63, 3.8) is 0 Å². The first kappa shape index (κ1) is 36.5. The van der Waals surface area contributed by atoms with E-state index in [1.165, 1.54) is 50.1 Å². The fraction of sp³-hybridized carbons (Fsp3) is 0.289. The van der Waals surface area contributed by atoms with Gasteiger partial charge in [-0.3, -0.25) is 14.0 Å². The Bertz CT molecular complexity index is 2320. The van der Waals surface area contributed by atoms with E-state index in [4.69, 9.17) is 0 Å². The van der Waals surface area contributed by atoms with Crippen LogP contribution in [-0.2, 0) is 22.7 Å². The number of nitrogens with one attached hydrogen (secondary N) is 4. The monoisotopic (exact) mass is 745 g/mol. The molecule has 2 amide bonds. The van der Waals surface area contributed by atoms with Crippen molar-refractivity contribution in [2.75, 3.05) is 12.7 Å². The summed E-state index contributed by atoms with van der Waals surface area (Å²) in [5.74, 6) is 1.15. The van der Waals surface area contributed by atoms with Gasteiger partial charge in [-0.1, -0.05) is 84.9 Å². The molecule has 4 heterocycles. The molecule has 2 aromatic heterocycles. The van der Waals surface area contributed by atoms with Crippen LogP contribution in [0, 0.1) is 13.8 Å². The summed E-state index contributed by atoms with van der Waals surface area (Å²) in [6.07, 6.45) is 7.26. The Labute approximate surface area is 325 Å². The maximum Gasteiger partial charge on any atom is 0.220 e. The van der Waals surface area contributed by atoms with Crippen molar-refractivity contribution < 1.29 is 9.59 Å². The predicted octanol–water partition coefficient (Wildman–Crippen LogP) is 6.76. The van der Waals surface area contributed by atoms with Crippen molar-refractivity contribution in [1.82, 2.24) is 35.9 Å². The number of hydrogen-bond donors (Lipinski definition) is 4. The number of amides is 2. The van der Waals surface area contributed by atoms with Crippen LogP contribution in [0.1, 0.15) is 54.4 Å². The van der Waals surface area contributed by atoms with Crippen molar-refractivity contribution in [2.24, 2.45) is 0 Å². The molecule has 0 saturated carbocycles. The summed E-state index contributed by atoms with van der Waals surface area (Å²) < 4.78 is 2.05. The van der Waals surface area contributed by atoms with E-state index in [0.717, 1.165) is 67.7 Å². The number of rotatable bonds is 13. The molecule has 2 saturated heterocycles. The second-order valence-corrected chi connectivity index (χ2v) is 16.2. The highest BCUT2D eigenvalue weighted by Gasteiger charge is 2.20. The van der Waals surface area contributed by atoms with Gasteiger partial charge in [0, 0.05) is 55.9 Å². The molecule has 8 rings (SSSR count). The van der Waals surface area contributed by atoms with Crippen LogP contribution in [0.4, 0.5) is 0 Å². The van der Waals surface area contributed by atoms with E-state index in [1.54, 1.807) is 0 Å². The van der Waals surface area contributed by atoms with Gasteiger partial charge in [-0.2, -0.15) is 0 Å². The Morgan fingerprint density at radius 3 is 2.00 bits per heavy atom. The Hall–Kier alpha value is -5.42. The van der Waals surface area contributed by atoms with E-state index in [2.05, 4.69) is 149 Å². The minimum atomic E-state index is 0.146. The molecular formula is C45H47N7O2Si. The summed E-state index contributed by atoms with van der Waals surface area (Å²) in [4.78, 5) is 23.2. The second kappa shape index (κ2) is 16.5. The molecule has 9 nitrogen and oxygen atoms in total. The summed E-state index contributed by atoms with van der Waals surface area (Å²) in [6, 6.07) is 35.0. The number of hydrogen-bond acceptors (Lipinski definition) is 6. The van der Waals surface area contributed by atoms with Crippen molar-refractivity contribution >= 4 is 27.0 Å². The van der Waals surface area contributed by atoms with E-state index in [0.29, 0.717) is 28.0 Å². The highest BCUT2D eigenvalue weighted by Crippen LogP contribution is 2.37. The van der Waals surface area contributed by atoms with Gasteiger partial charge >= 0.3 is 0 Å². The summed E-state index contributed by atoms with van der Waals surface area (Å²) >= 11 is 0. The molecule has 2 aliphatic heterocycles.